The van der Waals surface area contributed by atoms with Crippen LogP contribution in [0.25, 0.3) is 28.1 Å². The van der Waals surface area contributed by atoms with Crippen LogP contribution in [0.2, 0.25) is 0 Å². The summed E-state index contributed by atoms with van der Waals surface area (Å²) in [6.45, 7) is 0. The highest BCUT2D eigenvalue weighted by molar-refractivity contribution is 5.80. The lowest BCUT2D eigenvalue weighted by atomic mass is 10.3. The lowest BCUT2D eigenvalue weighted by Crippen LogP contribution is -2.03. The minimum absolute atomic E-state index is 0.244. The third kappa shape index (κ3) is 1.41. The second-order valence-corrected chi connectivity index (χ2v) is 4.65. The van der Waals surface area contributed by atoms with Crippen LogP contribution in [-0.4, -0.2) is 24.1 Å². The van der Waals surface area contributed by atoms with E-state index < -0.39 is 0 Å². The number of hydrogen-bond acceptors (Lipinski definition) is 4. The molecule has 0 saturated carbocycles. The van der Waals surface area contributed by atoms with E-state index in [0.29, 0.717) is 0 Å². The van der Waals surface area contributed by atoms with E-state index in [1.807, 2.05) is 43.4 Å². The first kappa shape index (κ1) is 11.0. The van der Waals surface area contributed by atoms with Crippen LogP contribution in [0.15, 0.2) is 42.6 Å². The second kappa shape index (κ2) is 3.80. The molecular weight excluding hydrogens is 252 g/mol. The van der Waals surface area contributed by atoms with Crippen LogP contribution in [0.1, 0.15) is 0 Å². The highest BCUT2D eigenvalue weighted by Gasteiger charge is 2.13. The molecule has 0 spiro atoms. The van der Waals surface area contributed by atoms with Crippen LogP contribution in [0.3, 0.4) is 0 Å². The van der Waals surface area contributed by atoms with E-state index in [1.54, 1.807) is 10.7 Å². The number of nitrogens with zero attached hydrogens (tertiary/aromatic N) is 5. The van der Waals surface area contributed by atoms with Crippen LogP contribution in [0.4, 0.5) is 5.95 Å². The van der Waals surface area contributed by atoms with Crippen molar-refractivity contribution in [1.82, 2.24) is 24.1 Å². The van der Waals surface area contributed by atoms with Gasteiger partial charge in [0.1, 0.15) is 5.69 Å². The lowest BCUT2D eigenvalue weighted by molar-refractivity contribution is 0.888. The molecule has 0 aliphatic heterocycles. The molecular formula is C14H12N6. The maximum atomic E-state index is 5.67. The Labute approximate surface area is 114 Å². The molecule has 3 heterocycles. The number of aromatic nitrogens is 5. The van der Waals surface area contributed by atoms with Crippen molar-refractivity contribution in [3.05, 3.63) is 42.6 Å². The minimum atomic E-state index is 0.244. The molecule has 0 bridgehead atoms. The molecule has 6 heteroatoms. The zero-order valence-corrected chi connectivity index (χ0v) is 10.9. The molecule has 0 fully saturated rings. The summed E-state index contributed by atoms with van der Waals surface area (Å²) in [5, 5.41) is 4.25. The number of nitrogens with two attached hydrogens (primary N) is 1. The van der Waals surface area contributed by atoms with Gasteiger partial charge in [-0.05, 0) is 24.3 Å². The average Bonchev–Trinajstić information content (AvgIpc) is 3.00. The molecule has 0 aliphatic rings. The van der Waals surface area contributed by atoms with Crippen molar-refractivity contribution >= 4 is 22.5 Å². The van der Waals surface area contributed by atoms with Crippen molar-refractivity contribution in [3.63, 3.8) is 0 Å². The van der Waals surface area contributed by atoms with E-state index in [4.69, 9.17) is 5.73 Å². The van der Waals surface area contributed by atoms with Crippen molar-refractivity contribution in [2.75, 3.05) is 5.73 Å². The van der Waals surface area contributed by atoms with E-state index in [9.17, 15) is 0 Å². The monoisotopic (exact) mass is 264 g/mol. The molecule has 0 unspecified atom stereocenters. The molecule has 4 rings (SSSR count). The molecule has 0 aliphatic carbocycles. The van der Waals surface area contributed by atoms with Crippen LogP contribution in [-0.2, 0) is 7.05 Å². The Morgan fingerprint density at radius 1 is 1.10 bits per heavy atom. The molecule has 3 aromatic heterocycles. The summed E-state index contributed by atoms with van der Waals surface area (Å²) in [7, 11) is 1.99. The maximum Gasteiger partial charge on any atom is 0.238 e. The van der Waals surface area contributed by atoms with Crippen LogP contribution in [0, 0.1) is 0 Å². The zero-order valence-electron chi connectivity index (χ0n) is 10.9. The normalized spacial score (nSPS) is 11.4. The second-order valence-electron chi connectivity index (χ2n) is 4.65. The number of nitrogen functional groups attached to an aromatic ring is 1. The van der Waals surface area contributed by atoms with E-state index in [1.165, 1.54) is 0 Å². The van der Waals surface area contributed by atoms with Gasteiger partial charge in [0.25, 0.3) is 0 Å². The Balaban J connectivity index is 2.06. The molecule has 20 heavy (non-hydrogen) atoms. The number of aryl methyl sites for hydroxylation is 1. The van der Waals surface area contributed by atoms with Gasteiger partial charge in [-0.25, -0.2) is 14.5 Å². The van der Waals surface area contributed by atoms with Crippen molar-refractivity contribution in [2.45, 2.75) is 0 Å². The maximum absolute atomic E-state index is 5.67. The number of anilines is 1. The van der Waals surface area contributed by atoms with Gasteiger partial charge < -0.3 is 10.3 Å². The first-order chi connectivity index (χ1) is 9.74. The molecule has 0 atom stereocenters. The third-order valence-electron chi connectivity index (χ3n) is 3.43. The van der Waals surface area contributed by atoms with Crippen LogP contribution in [0.5, 0.6) is 0 Å². The smallest absolute Gasteiger partial charge is 0.238 e. The molecule has 0 saturated heterocycles. The Morgan fingerprint density at radius 3 is 2.80 bits per heavy atom. The van der Waals surface area contributed by atoms with Gasteiger partial charge in [-0.2, -0.15) is 0 Å². The summed E-state index contributed by atoms with van der Waals surface area (Å²) in [5.41, 5.74) is 9.50. The summed E-state index contributed by atoms with van der Waals surface area (Å²) < 4.78 is 3.82. The minimum Gasteiger partial charge on any atom is -0.367 e. The summed E-state index contributed by atoms with van der Waals surface area (Å²) >= 11 is 0. The van der Waals surface area contributed by atoms with E-state index >= 15 is 0 Å². The van der Waals surface area contributed by atoms with Gasteiger partial charge in [0, 0.05) is 7.05 Å². The number of fused-ring (bicyclic) bond motifs is 2. The average molecular weight is 264 g/mol. The Kier molecular flexibility index (Phi) is 2.09. The summed E-state index contributed by atoms with van der Waals surface area (Å²) in [5.74, 6) is 1.10. The fraction of sp³-hybridized carbons (Fsp3) is 0.0714. The summed E-state index contributed by atoms with van der Waals surface area (Å²) in [6, 6.07) is 12.0. The van der Waals surface area contributed by atoms with Crippen molar-refractivity contribution in [3.8, 4) is 11.5 Å². The highest BCUT2D eigenvalue weighted by Crippen LogP contribution is 2.24. The molecule has 4 aromatic rings. The number of benzene rings is 1. The van der Waals surface area contributed by atoms with Gasteiger partial charge in [-0.15, -0.1) is 5.10 Å². The molecule has 98 valence electrons. The summed E-state index contributed by atoms with van der Waals surface area (Å²) in [6.07, 6.45) is 1.70. The third-order valence-corrected chi connectivity index (χ3v) is 3.43. The number of hydrogen-bond donors (Lipinski definition) is 1. The SMILES string of the molecule is Cn1c(-c2ccc3cnc(N)nn23)nc2ccccc21. The number of para-hydroxylation sites is 2. The van der Waals surface area contributed by atoms with E-state index in [0.717, 1.165) is 28.1 Å². The molecule has 6 nitrogen and oxygen atoms in total. The number of imidazole rings is 1. The van der Waals surface area contributed by atoms with Gasteiger partial charge in [-0.1, -0.05) is 12.1 Å². The Hall–Kier alpha value is -2.89. The highest BCUT2D eigenvalue weighted by atomic mass is 15.3. The van der Waals surface area contributed by atoms with Crippen molar-refractivity contribution < 1.29 is 0 Å². The van der Waals surface area contributed by atoms with Gasteiger partial charge in [0.15, 0.2) is 5.82 Å². The quantitative estimate of drug-likeness (QED) is 0.569. The molecule has 2 N–H and O–H groups in total. The van der Waals surface area contributed by atoms with Gasteiger partial charge in [0.2, 0.25) is 5.95 Å². The standard InChI is InChI=1S/C14H12N6/c1-19-11-5-3-2-4-10(11)17-13(19)12-7-6-9-8-16-14(15)18-20(9)12/h2-8H,1H3,(H2,15,18). The van der Waals surface area contributed by atoms with Gasteiger partial charge in [0.05, 0.1) is 22.7 Å². The number of rotatable bonds is 1. The topological polar surface area (TPSA) is 74.0 Å². The van der Waals surface area contributed by atoms with Crippen LogP contribution >= 0.6 is 0 Å². The van der Waals surface area contributed by atoms with E-state index in [-0.39, 0.29) is 5.95 Å². The van der Waals surface area contributed by atoms with Crippen LogP contribution < -0.4 is 5.73 Å². The van der Waals surface area contributed by atoms with Gasteiger partial charge in [-0.3, -0.25) is 0 Å². The predicted octanol–water partition coefficient (Wildman–Crippen LogP) is 1.87. The fourth-order valence-electron chi connectivity index (χ4n) is 2.46. The molecule has 1 aromatic carbocycles. The molecule has 0 amide bonds. The summed E-state index contributed by atoms with van der Waals surface area (Å²) in [4.78, 5) is 8.67. The first-order valence-corrected chi connectivity index (χ1v) is 6.26. The predicted molar refractivity (Wildman–Crippen MR) is 77.1 cm³/mol. The van der Waals surface area contributed by atoms with Crippen molar-refractivity contribution in [2.24, 2.45) is 7.05 Å². The Morgan fingerprint density at radius 2 is 1.95 bits per heavy atom. The fourth-order valence-corrected chi connectivity index (χ4v) is 2.46. The Bertz CT molecular complexity index is 933. The molecule has 0 radical (unpaired) electrons. The van der Waals surface area contributed by atoms with E-state index in [2.05, 4.69) is 19.6 Å². The van der Waals surface area contributed by atoms with Gasteiger partial charge >= 0.3 is 0 Å². The zero-order chi connectivity index (χ0) is 13.7. The largest absolute Gasteiger partial charge is 0.367 e. The lowest BCUT2D eigenvalue weighted by Gasteiger charge is -2.03. The first-order valence-electron chi connectivity index (χ1n) is 6.26. The van der Waals surface area contributed by atoms with Crippen molar-refractivity contribution in [1.29, 1.82) is 0 Å².